The van der Waals surface area contributed by atoms with E-state index in [9.17, 15) is 18.0 Å². The van der Waals surface area contributed by atoms with E-state index < -0.39 is 18.5 Å². The third-order valence-corrected chi connectivity index (χ3v) is 4.60. The van der Waals surface area contributed by atoms with Crippen molar-refractivity contribution in [3.05, 3.63) is 28.8 Å². The van der Waals surface area contributed by atoms with E-state index in [-0.39, 0.29) is 5.91 Å². The Kier molecular flexibility index (Phi) is 4.71. The van der Waals surface area contributed by atoms with E-state index in [1.54, 1.807) is 6.07 Å². The minimum atomic E-state index is -4.24. The van der Waals surface area contributed by atoms with Crippen LogP contribution in [0.3, 0.4) is 0 Å². The maximum atomic E-state index is 13.0. The first-order valence-corrected chi connectivity index (χ1v) is 8.37. The van der Waals surface area contributed by atoms with Crippen molar-refractivity contribution in [3.8, 4) is 0 Å². The lowest BCUT2D eigenvalue weighted by Gasteiger charge is -2.19. The predicted octanol–water partition coefficient (Wildman–Crippen LogP) is 2.79. The number of carbonyl (C=O) groups excluding carboxylic acids is 1. The van der Waals surface area contributed by atoms with Crippen LogP contribution in [0, 0.1) is 0 Å². The van der Waals surface area contributed by atoms with Gasteiger partial charge in [0.15, 0.2) is 0 Å². The summed E-state index contributed by atoms with van der Waals surface area (Å²) in [6, 6.07) is 3.54. The average Bonchev–Trinajstić information content (AvgIpc) is 2.73. The Hall–Kier alpha value is -1.76. The molecule has 132 valence electrons. The van der Waals surface area contributed by atoms with Crippen LogP contribution in [0.5, 0.6) is 0 Å². The van der Waals surface area contributed by atoms with Crippen LogP contribution in [0.25, 0.3) is 0 Å². The Labute approximate surface area is 139 Å². The summed E-state index contributed by atoms with van der Waals surface area (Å²) in [5.41, 5.74) is 2.76. The Bertz CT molecular complexity index is 630. The Morgan fingerprint density at radius 3 is 2.92 bits per heavy atom. The zero-order valence-electron chi connectivity index (χ0n) is 13.7. The molecule has 7 heteroatoms. The molecule has 0 fully saturated rings. The molecule has 1 atom stereocenters. The lowest BCUT2D eigenvalue weighted by Crippen LogP contribution is -2.29. The third kappa shape index (κ3) is 3.36. The van der Waals surface area contributed by atoms with E-state index in [0.29, 0.717) is 37.3 Å². The number of anilines is 1. The molecule has 2 aliphatic rings. The maximum Gasteiger partial charge on any atom is 0.389 e. The highest BCUT2D eigenvalue weighted by Gasteiger charge is 2.41. The summed E-state index contributed by atoms with van der Waals surface area (Å²) in [6.45, 7) is 4.79. The number of halogens is 3. The van der Waals surface area contributed by atoms with Crippen LogP contribution in [0.2, 0.25) is 0 Å². The molecule has 0 saturated carbocycles. The molecule has 0 aromatic heterocycles. The second kappa shape index (κ2) is 6.63. The number of carbonyl (C=O) groups is 1. The van der Waals surface area contributed by atoms with Crippen molar-refractivity contribution >= 4 is 11.6 Å². The van der Waals surface area contributed by atoms with Gasteiger partial charge in [0.2, 0.25) is 0 Å². The fraction of sp³-hybridized carbons (Fsp3) is 0.588. The van der Waals surface area contributed by atoms with Gasteiger partial charge in [0.25, 0.3) is 5.91 Å². The van der Waals surface area contributed by atoms with Crippen LogP contribution in [-0.4, -0.2) is 38.3 Å². The molecule has 3 rings (SSSR count). The van der Waals surface area contributed by atoms with Gasteiger partial charge in [-0.15, -0.1) is 0 Å². The first-order chi connectivity index (χ1) is 11.4. The number of rotatable bonds is 4. The fourth-order valence-corrected chi connectivity index (χ4v) is 3.65. The van der Waals surface area contributed by atoms with Crippen molar-refractivity contribution in [1.82, 2.24) is 10.6 Å². The minimum absolute atomic E-state index is 0.277. The monoisotopic (exact) mass is 341 g/mol. The molecular formula is C17H22F3N3O. The van der Waals surface area contributed by atoms with Gasteiger partial charge >= 0.3 is 6.18 Å². The second-order valence-corrected chi connectivity index (χ2v) is 6.43. The van der Waals surface area contributed by atoms with Gasteiger partial charge in [-0.25, -0.2) is 0 Å². The molecule has 2 aliphatic heterocycles. The Morgan fingerprint density at radius 1 is 1.42 bits per heavy atom. The molecule has 2 heterocycles. The number of nitrogens with zero attached hydrogens (tertiary/aromatic N) is 1. The van der Waals surface area contributed by atoms with E-state index in [1.165, 1.54) is 0 Å². The molecule has 0 bridgehead atoms. The van der Waals surface area contributed by atoms with E-state index in [2.05, 4.69) is 10.6 Å². The number of benzene rings is 1. The van der Waals surface area contributed by atoms with Crippen LogP contribution in [0.1, 0.15) is 47.2 Å². The molecule has 0 radical (unpaired) electrons. The van der Waals surface area contributed by atoms with Gasteiger partial charge in [0.1, 0.15) is 0 Å². The maximum absolute atomic E-state index is 13.0. The molecule has 2 N–H and O–H groups in total. The summed E-state index contributed by atoms with van der Waals surface area (Å²) >= 11 is 0. The van der Waals surface area contributed by atoms with Crippen molar-refractivity contribution in [2.45, 2.75) is 38.4 Å². The summed E-state index contributed by atoms with van der Waals surface area (Å²) in [5, 5.41) is 6.07. The van der Waals surface area contributed by atoms with Gasteiger partial charge in [0, 0.05) is 49.9 Å². The number of amides is 1. The average molecular weight is 341 g/mol. The van der Waals surface area contributed by atoms with E-state index in [0.717, 1.165) is 24.2 Å². The highest BCUT2D eigenvalue weighted by Crippen LogP contribution is 2.46. The van der Waals surface area contributed by atoms with E-state index in [1.807, 2.05) is 17.9 Å². The standard InChI is InChI=1S/C17H22F3N3O/c1-2-5-22-16(24)13-4-3-11-9-21-6-7-23-10-12(8-17(18,19)20)14(13)15(11)23/h3-4,12,21H,2,5-10H2,1H3,(H,22,24). The van der Waals surface area contributed by atoms with E-state index in [4.69, 9.17) is 0 Å². The zero-order chi connectivity index (χ0) is 17.3. The predicted molar refractivity (Wildman–Crippen MR) is 86.4 cm³/mol. The van der Waals surface area contributed by atoms with Crippen molar-refractivity contribution in [2.24, 2.45) is 0 Å². The molecule has 1 amide bonds. The third-order valence-electron chi connectivity index (χ3n) is 4.60. The van der Waals surface area contributed by atoms with Gasteiger partial charge in [-0.05, 0) is 23.6 Å². The van der Waals surface area contributed by atoms with Gasteiger partial charge in [-0.1, -0.05) is 13.0 Å². The van der Waals surface area contributed by atoms with Gasteiger partial charge < -0.3 is 15.5 Å². The van der Waals surface area contributed by atoms with Gasteiger partial charge in [-0.3, -0.25) is 4.79 Å². The molecule has 0 saturated heterocycles. The lowest BCUT2D eigenvalue weighted by molar-refractivity contribution is -0.138. The minimum Gasteiger partial charge on any atom is -0.369 e. The molecule has 0 spiro atoms. The molecule has 24 heavy (non-hydrogen) atoms. The number of alkyl halides is 3. The second-order valence-electron chi connectivity index (χ2n) is 6.43. The number of hydrogen-bond donors (Lipinski definition) is 2. The lowest BCUT2D eigenvalue weighted by atomic mass is 9.90. The highest BCUT2D eigenvalue weighted by atomic mass is 19.4. The van der Waals surface area contributed by atoms with Gasteiger partial charge in [0.05, 0.1) is 6.42 Å². The summed E-state index contributed by atoms with van der Waals surface area (Å²) in [4.78, 5) is 14.5. The normalized spacial score (nSPS) is 19.8. The summed E-state index contributed by atoms with van der Waals surface area (Å²) in [6.07, 6.45) is -4.34. The van der Waals surface area contributed by atoms with Crippen molar-refractivity contribution in [3.63, 3.8) is 0 Å². The molecule has 4 nitrogen and oxygen atoms in total. The van der Waals surface area contributed by atoms with Crippen molar-refractivity contribution in [1.29, 1.82) is 0 Å². The quantitative estimate of drug-likeness (QED) is 0.885. The SMILES string of the molecule is CCCNC(=O)c1ccc2c3c1C(CC(F)(F)F)CN3CCNC2. The molecule has 1 aromatic rings. The van der Waals surface area contributed by atoms with Gasteiger partial charge in [-0.2, -0.15) is 13.2 Å². The highest BCUT2D eigenvalue weighted by molar-refractivity contribution is 5.98. The smallest absolute Gasteiger partial charge is 0.369 e. The van der Waals surface area contributed by atoms with Crippen LogP contribution in [-0.2, 0) is 6.54 Å². The molecular weight excluding hydrogens is 319 g/mol. The molecule has 1 unspecified atom stereocenters. The van der Waals surface area contributed by atoms with Crippen molar-refractivity contribution in [2.75, 3.05) is 31.1 Å². The molecule has 0 aliphatic carbocycles. The van der Waals surface area contributed by atoms with E-state index >= 15 is 0 Å². The molecule has 1 aromatic carbocycles. The fourth-order valence-electron chi connectivity index (χ4n) is 3.65. The Morgan fingerprint density at radius 2 is 2.21 bits per heavy atom. The van der Waals surface area contributed by atoms with Crippen molar-refractivity contribution < 1.29 is 18.0 Å². The zero-order valence-corrected chi connectivity index (χ0v) is 13.7. The summed E-state index contributed by atoms with van der Waals surface area (Å²) < 4.78 is 39.1. The topological polar surface area (TPSA) is 44.4 Å². The summed E-state index contributed by atoms with van der Waals surface area (Å²) in [5.74, 6) is -0.957. The largest absolute Gasteiger partial charge is 0.389 e. The summed E-state index contributed by atoms with van der Waals surface area (Å²) in [7, 11) is 0. The first kappa shape index (κ1) is 17.1. The van der Waals surface area contributed by atoms with Crippen LogP contribution < -0.4 is 15.5 Å². The number of hydrogen-bond acceptors (Lipinski definition) is 3. The number of nitrogens with one attached hydrogen (secondary N) is 2. The van der Waals surface area contributed by atoms with Crippen LogP contribution in [0.4, 0.5) is 18.9 Å². The Balaban J connectivity index is 2.04. The first-order valence-electron chi connectivity index (χ1n) is 8.37. The van der Waals surface area contributed by atoms with Crippen LogP contribution in [0.15, 0.2) is 12.1 Å². The van der Waals surface area contributed by atoms with Crippen LogP contribution >= 0.6 is 0 Å².